The second-order valence-corrected chi connectivity index (χ2v) is 9.66. The number of nitrogens with one attached hydrogen (secondary N) is 1. The summed E-state index contributed by atoms with van der Waals surface area (Å²) < 4.78 is 5.72. The minimum Gasteiger partial charge on any atom is -0.484 e. The Morgan fingerprint density at radius 1 is 1.06 bits per heavy atom. The number of nitrogens with zero attached hydrogens (tertiary/aromatic N) is 1. The van der Waals surface area contributed by atoms with Crippen LogP contribution < -0.4 is 10.1 Å². The SMILES string of the molecule is Cc1cc(OCC(=O)N(Cc2c(Cl)cccc2Cl)[C@H](C)C(=O)NC2CCCCC2)ccc1Cl. The predicted octanol–water partition coefficient (Wildman–Crippen LogP) is 6.20. The number of hydrogen-bond donors (Lipinski definition) is 1. The third-order valence-corrected chi connectivity index (χ3v) is 7.13. The van der Waals surface area contributed by atoms with Crippen LogP contribution in [0.4, 0.5) is 0 Å². The molecule has 0 radical (unpaired) electrons. The van der Waals surface area contributed by atoms with E-state index in [4.69, 9.17) is 39.5 Å². The summed E-state index contributed by atoms with van der Waals surface area (Å²) in [6.07, 6.45) is 5.32. The lowest BCUT2D eigenvalue weighted by molar-refractivity contribution is -0.142. The van der Waals surface area contributed by atoms with Crippen LogP contribution in [0.1, 0.15) is 50.2 Å². The Morgan fingerprint density at radius 3 is 2.36 bits per heavy atom. The second-order valence-electron chi connectivity index (χ2n) is 8.44. The Labute approximate surface area is 210 Å². The fraction of sp³-hybridized carbons (Fsp3) is 0.440. The monoisotopic (exact) mass is 510 g/mol. The van der Waals surface area contributed by atoms with Crippen molar-refractivity contribution in [3.05, 3.63) is 62.6 Å². The van der Waals surface area contributed by atoms with Crippen molar-refractivity contribution >= 4 is 46.6 Å². The predicted molar refractivity (Wildman–Crippen MR) is 133 cm³/mol. The van der Waals surface area contributed by atoms with Crippen LogP contribution >= 0.6 is 34.8 Å². The van der Waals surface area contributed by atoms with Crippen molar-refractivity contribution in [1.82, 2.24) is 10.2 Å². The van der Waals surface area contributed by atoms with Gasteiger partial charge in [-0.1, -0.05) is 60.1 Å². The highest BCUT2D eigenvalue weighted by atomic mass is 35.5. The Kier molecular flexibility index (Phi) is 9.30. The first-order chi connectivity index (χ1) is 15.8. The summed E-state index contributed by atoms with van der Waals surface area (Å²) in [7, 11) is 0. The minimum absolute atomic E-state index is 0.0968. The van der Waals surface area contributed by atoms with Gasteiger partial charge >= 0.3 is 0 Å². The van der Waals surface area contributed by atoms with Gasteiger partial charge in [-0.05, 0) is 62.6 Å². The molecule has 0 aromatic heterocycles. The van der Waals surface area contributed by atoms with Crippen LogP contribution in [0, 0.1) is 6.92 Å². The topological polar surface area (TPSA) is 58.6 Å². The molecule has 0 aliphatic heterocycles. The molecular weight excluding hydrogens is 483 g/mol. The van der Waals surface area contributed by atoms with E-state index in [1.165, 1.54) is 11.3 Å². The van der Waals surface area contributed by atoms with E-state index in [0.717, 1.165) is 31.2 Å². The molecule has 2 amide bonds. The summed E-state index contributed by atoms with van der Waals surface area (Å²) in [5.41, 5.74) is 1.44. The Morgan fingerprint density at radius 2 is 1.73 bits per heavy atom. The van der Waals surface area contributed by atoms with Gasteiger partial charge in [-0.15, -0.1) is 0 Å². The summed E-state index contributed by atoms with van der Waals surface area (Å²) >= 11 is 18.8. The molecule has 5 nitrogen and oxygen atoms in total. The normalized spacial score (nSPS) is 15.1. The van der Waals surface area contributed by atoms with Gasteiger partial charge in [0.15, 0.2) is 6.61 Å². The first-order valence-corrected chi connectivity index (χ1v) is 12.3. The lowest BCUT2D eigenvalue weighted by Gasteiger charge is -2.31. The molecule has 1 fully saturated rings. The molecule has 0 heterocycles. The molecule has 1 aliphatic rings. The average molecular weight is 512 g/mol. The zero-order valence-electron chi connectivity index (χ0n) is 18.9. The van der Waals surface area contributed by atoms with Crippen molar-refractivity contribution in [2.24, 2.45) is 0 Å². The third kappa shape index (κ3) is 7.02. The lowest BCUT2D eigenvalue weighted by Crippen LogP contribution is -2.51. The van der Waals surface area contributed by atoms with Crippen LogP contribution in [0.2, 0.25) is 15.1 Å². The highest BCUT2D eigenvalue weighted by Gasteiger charge is 2.29. The zero-order chi connectivity index (χ0) is 24.0. The number of ether oxygens (including phenoxy) is 1. The van der Waals surface area contributed by atoms with Gasteiger partial charge in [0.2, 0.25) is 5.91 Å². The van der Waals surface area contributed by atoms with Crippen molar-refractivity contribution in [3.63, 3.8) is 0 Å². The summed E-state index contributed by atoms with van der Waals surface area (Å²) in [6, 6.07) is 9.78. The molecule has 0 saturated heterocycles. The molecule has 178 valence electrons. The van der Waals surface area contributed by atoms with Crippen molar-refractivity contribution in [2.75, 3.05) is 6.61 Å². The minimum atomic E-state index is -0.720. The van der Waals surface area contributed by atoms with E-state index in [9.17, 15) is 9.59 Å². The largest absolute Gasteiger partial charge is 0.484 e. The summed E-state index contributed by atoms with van der Waals surface area (Å²) in [5, 5.41) is 4.60. The molecule has 3 rings (SSSR count). The van der Waals surface area contributed by atoms with E-state index in [0.29, 0.717) is 26.4 Å². The van der Waals surface area contributed by atoms with E-state index in [1.54, 1.807) is 43.3 Å². The molecule has 2 aromatic carbocycles. The fourth-order valence-electron chi connectivity index (χ4n) is 3.94. The van der Waals surface area contributed by atoms with Crippen LogP contribution in [-0.2, 0) is 16.1 Å². The van der Waals surface area contributed by atoms with E-state index in [1.807, 2.05) is 6.92 Å². The maximum Gasteiger partial charge on any atom is 0.261 e. The van der Waals surface area contributed by atoms with Crippen LogP contribution in [0.15, 0.2) is 36.4 Å². The van der Waals surface area contributed by atoms with Crippen LogP contribution in [-0.4, -0.2) is 35.4 Å². The average Bonchev–Trinajstić information content (AvgIpc) is 2.79. The first kappa shape index (κ1) is 25.7. The molecule has 0 bridgehead atoms. The number of benzene rings is 2. The quantitative estimate of drug-likeness (QED) is 0.459. The molecule has 1 N–H and O–H groups in total. The molecule has 1 atom stereocenters. The number of carbonyl (C=O) groups excluding carboxylic acids is 2. The van der Waals surface area contributed by atoms with Gasteiger partial charge in [0.25, 0.3) is 5.91 Å². The van der Waals surface area contributed by atoms with E-state index >= 15 is 0 Å². The van der Waals surface area contributed by atoms with Crippen molar-refractivity contribution in [2.45, 2.75) is 64.6 Å². The van der Waals surface area contributed by atoms with Crippen LogP contribution in [0.3, 0.4) is 0 Å². The molecule has 1 aliphatic carbocycles. The second kappa shape index (κ2) is 12.0. The first-order valence-electron chi connectivity index (χ1n) is 11.2. The Balaban J connectivity index is 1.76. The van der Waals surface area contributed by atoms with Crippen molar-refractivity contribution < 1.29 is 14.3 Å². The van der Waals surface area contributed by atoms with Gasteiger partial charge in [-0.25, -0.2) is 0 Å². The zero-order valence-corrected chi connectivity index (χ0v) is 21.1. The summed E-state index contributed by atoms with van der Waals surface area (Å²) in [4.78, 5) is 27.8. The number of hydrogen-bond acceptors (Lipinski definition) is 3. The van der Waals surface area contributed by atoms with Crippen LogP contribution in [0.5, 0.6) is 5.75 Å². The van der Waals surface area contributed by atoms with Crippen molar-refractivity contribution in [1.29, 1.82) is 0 Å². The Bertz CT molecular complexity index is 973. The number of rotatable bonds is 8. The van der Waals surface area contributed by atoms with E-state index in [2.05, 4.69) is 5.32 Å². The molecule has 2 aromatic rings. The molecular formula is C25H29Cl3N2O3. The summed E-state index contributed by atoms with van der Waals surface area (Å²) in [6.45, 7) is 3.44. The standard InChI is InChI=1S/C25H29Cl3N2O3/c1-16-13-19(11-12-21(16)26)33-15-24(31)30(14-20-22(27)9-6-10-23(20)28)17(2)25(32)29-18-7-4-3-5-8-18/h6,9-13,17-18H,3-5,7-8,14-15H2,1-2H3,(H,29,32)/t17-/m1/s1. The van der Waals surface area contributed by atoms with Crippen LogP contribution in [0.25, 0.3) is 0 Å². The van der Waals surface area contributed by atoms with E-state index < -0.39 is 6.04 Å². The van der Waals surface area contributed by atoms with Gasteiger partial charge in [0, 0.05) is 33.2 Å². The third-order valence-electron chi connectivity index (χ3n) is 6.00. The molecule has 33 heavy (non-hydrogen) atoms. The molecule has 8 heteroatoms. The number of halogens is 3. The fourth-order valence-corrected chi connectivity index (χ4v) is 4.57. The van der Waals surface area contributed by atoms with Gasteiger partial charge < -0.3 is 15.0 Å². The maximum atomic E-state index is 13.2. The number of aryl methyl sites for hydroxylation is 1. The Hall–Kier alpha value is -1.95. The van der Waals surface area contributed by atoms with E-state index in [-0.39, 0.29) is 31.0 Å². The van der Waals surface area contributed by atoms with Gasteiger partial charge in [-0.3, -0.25) is 9.59 Å². The maximum absolute atomic E-state index is 13.2. The summed E-state index contributed by atoms with van der Waals surface area (Å²) in [5.74, 6) is -0.00840. The number of carbonyl (C=O) groups is 2. The van der Waals surface area contributed by atoms with Gasteiger partial charge in [0.1, 0.15) is 11.8 Å². The number of amides is 2. The molecule has 0 unspecified atom stereocenters. The molecule has 1 saturated carbocycles. The highest BCUT2D eigenvalue weighted by molar-refractivity contribution is 6.36. The smallest absolute Gasteiger partial charge is 0.261 e. The van der Waals surface area contributed by atoms with Gasteiger partial charge in [0.05, 0.1) is 0 Å². The van der Waals surface area contributed by atoms with Gasteiger partial charge in [-0.2, -0.15) is 0 Å². The highest BCUT2D eigenvalue weighted by Crippen LogP contribution is 2.27. The van der Waals surface area contributed by atoms with Crippen molar-refractivity contribution in [3.8, 4) is 5.75 Å². The molecule has 0 spiro atoms. The lowest BCUT2D eigenvalue weighted by atomic mass is 9.95.